The molecule has 0 spiro atoms. The van der Waals surface area contributed by atoms with Gasteiger partial charge in [0.1, 0.15) is 24.1 Å². The molecular weight excluding hydrogens is 378 g/mol. The highest BCUT2D eigenvalue weighted by atomic mass is 31.2. The summed E-state index contributed by atoms with van der Waals surface area (Å²) in [6, 6.07) is 0. The van der Waals surface area contributed by atoms with Crippen LogP contribution in [0.1, 0.15) is 12.1 Å². The van der Waals surface area contributed by atoms with Gasteiger partial charge in [0.05, 0.1) is 19.3 Å². The molecule has 26 heavy (non-hydrogen) atoms. The summed E-state index contributed by atoms with van der Waals surface area (Å²) in [6.07, 6.45) is -3.39. The lowest BCUT2D eigenvalue weighted by molar-refractivity contribution is -0.0504. The van der Waals surface area contributed by atoms with Gasteiger partial charge in [0.2, 0.25) is 0 Å². The van der Waals surface area contributed by atoms with E-state index in [-0.39, 0.29) is 23.3 Å². The largest absolute Gasteiger partial charge is 0.469 e. The van der Waals surface area contributed by atoms with Gasteiger partial charge in [-0.1, -0.05) is 0 Å². The highest BCUT2D eigenvalue weighted by Crippen LogP contribution is 2.38. The second kappa shape index (κ2) is 6.96. The molecule has 0 aromatic carbocycles. The van der Waals surface area contributed by atoms with E-state index in [0.717, 1.165) is 17.0 Å². The van der Waals surface area contributed by atoms with E-state index in [0.29, 0.717) is 0 Å². The summed E-state index contributed by atoms with van der Waals surface area (Å²) in [5.74, 6) is -0.110. The number of aromatic nitrogens is 4. The van der Waals surface area contributed by atoms with Crippen LogP contribution < -0.4 is 5.56 Å². The van der Waals surface area contributed by atoms with E-state index >= 15 is 0 Å². The number of nitrogens with one attached hydrogen (secondary N) is 1. The smallest absolute Gasteiger partial charge is 0.387 e. The summed E-state index contributed by atoms with van der Waals surface area (Å²) in [5.41, 5.74) is -0.813. The van der Waals surface area contributed by atoms with Gasteiger partial charge in [-0.05, 0) is 0 Å². The third-order valence-corrected chi connectivity index (χ3v) is 4.18. The standard InChI is InChI=1S/C12H14FN4O8P/c13-2-1-6-15-10-7(11(20)16-6)14-4-17(10)12-9(19)8(18)5(25-12)3-24-26(21,22)23/h1-2,4-5,8-9,12,18-19H,3H2,(H,15,16,20)(H2,21,22,23)/b2-1-/t5-,8-,9-,12-/m1/s1. The Morgan fingerprint density at radius 2 is 2.15 bits per heavy atom. The Kier molecular flexibility index (Phi) is 5.03. The van der Waals surface area contributed by atoms with Crippen LogP contribution in [-0.2, 0) is 13.8 Å². The first-order valence-electron chi connectivity index (χ1n) is 7.16. The van der Waals surface area contributed by atoms with Gasteiger partial charge in [-0.25, -0.2) is 18.9 Å². The predicted octanol–water partition coefficient (Wildman–Crippen LogP) is -1.21. The zero-order valence-electron chi connectivity index (χ0n) is 12.8. The lowest BCUT2D eigenvalue weighted by Crippen LogP contribution is -2.33. The number of halogens is 1. The molecule has 3 heterocycles. The normalized spacial score (nSPS) is 27.0. The number of rotatable bonds is 5. The zero-order valence-corrected chi connectivity index (χ0v) is 13.7. The van der Waals surface area contributed by atoms with Crippen LogP contribution in [0.15, 0.2) is 17.5 Å². The molecule has 0 radical (unpaired) electrons. The highest BCUT2D eigenvalue weighted by molar-refractivity contribution is 7.46. The fourth-order valence-electron chi connectivity index (χ4n) is 2.54. The van der Waals surface area contributed by atoms with E-state index in [1.807, 2.05) is 0 Å². The first kappa shape index (κ1) is 18.8. The van der Waals surface area contributed by atoms with E-state index in [1.54, 1.807) is 0 Å². The number of aromatic amines is 1. The highest BCUT2D eigenvalue weighted by Gasteiger charge is 2.45. The van der Waals surface area contributed by atoms with Crippen molar-refractivity contribution in [1.29, 1.82) is 0 Å². The van der Waals surface area contributed by atoms with Crippen molar-refractivity contribution in [2.45, 2.75) is 24.5 Å². The number of phosphoric acid groups is 1. The topological polar surface area (TPSA) is 180 Å². The second-order valence-corrected chi connectivity index (χ2v) is 6.64. The fourth-order valence-corrected chi connectivity index (χ4v) is 2.88. The molecule has 0 amide bonds. The van der Waals surface area contributed by atoms with Crippen LogP contribution in [0.25, 0.3) is 17.2 Å². The predicted molar refractivity (Wildman–Crippen MR) is 82.2 cm³/mol. The molecule has 2 aromatic heterocycles. The Hall–Kier alpha value is -1.99. The minimum atomic E-state index is -4.80. The Balaban J connectivity index is 1.93. The zero-order chi connectivity index (χ0) is 19.1. The molecule has 142 valence electrons. The van der Waals surface area contributed by atoms with Crippen LogP contribution in [0.4, 0.5) is 4.39 Å². The van der Waals surface area contributed by atoms with E-state index in [9.17, 15) is 24.0 Å². The van der Waals surface area contributed by atoms with Gasteiger partial charge in [-0.3, -0.25) is 13.9 Å². The molecule has 3 rings (SSSR count). The number of aliphatic hydroxyl groups excluding tert-OH is 2. The molecule has 0 bridgehead atoms. The van der Waals surface area contributed by atoms with Gasteiger partial charge in [0.25, 0.3) is 5.56 Å². The molecule has 14 heteroatoms. The van der Waals surface area contributed by atoms with Crippen molar-refractivity contribution >= 4 is 25.1 Å². The van der Waals surface area contributed by atoms with Crippen LogP contribution in [0.5, 0.6) is 0 Å². The number of fused-ring (bicyclic) bond motifs is 1. The monoisotopic (exact) mass is 392 g/mol. The number of H-pyrrole nitrogens is 1. The van der Waals surface area contributed by atoms with Crippen LogP contribution in [0.2, 0.25) is 0 Å². The average Bonchev–Trinajstić information content (AvgIpc) is 3.08. The van der Waals surface area contributed by atoms with Crippen LogP contribution in [-0.4, -0.2) is 64.4 Å². The lowest BCUT2D eigenvalue weighted by Gasteiger charge is -2.16. The van der Waals surface area contributed by atoms with Crippen molar-refractivity contribution in [2.75, 3.05) is 6.61 Å². The number of aliphatic hydroxyl groups is 2. The maximum atomic E-state index is 12.3. The van der Waals surface area contributed by atoms with E-state index in [1.165, 1.54) is 0 Å². The summed E-state index contributed by atoms with van der Waals surface area (Å²) in [7, 11) is -4.80. The van der Waals surface area contributed by atoms with Crippen molar-refractivity contribution in [1.82, 2.24) is 19.5 Å². The van der Waals surface area contributed by atoms with Gasteiger partial charge in [-0.2, -0.15) is 0 Å². The minimum Gasteiger partial charge on any atom is -0.387 e. The third kappa shape index (κ3) is 3.59. The van der Waals surface area contributed by atoms with Gasteiger partial charge < -0.3 is 29.7 Å². The third-order valence-electron chi connectivity index (χ3n) is 3.69. The van der Waals surface area contributed by atoms with Gasteiger partial charge in [0, 0.05) is 6.08 Å². The first-order valence-corrected chi connectivity index (χ1v) is 8.69. The average molecular weight is 392 g/mol. The Morgan fingerprint density at radius 1 is 1.42 bits per heavy atom. The summed E-state index contributed by atoms with van der Waals surface area (Å²) in [5, 5.41) is 20.2. The lowest BCUT2D eigenvalue weighted by atomic mass is 10.1. The molecule has 12 nitrogen and oxygen atoms in total. The Morgan fingerprint density at radius 3 is 2.81 bits per heavy atom. The number of imidazole rings is 1. The van der Waals surface area contributed by atoms with Crippen molar-refractivity contribution < 1.29 is 38.2 Å². The van der Waals surface area contributed by atoms with Crippen LogP contribution in [0.3, 0.4) is 0 Å². The Bertz CT molecular complexity index is 939. The van der Waals surface area contributed by atoms with Crippen molar-refractivity contribution in [3.05, 3.63) is 28.8 Å². The number of ether oxygens (including phenoxy) is 1. The molecular formula is C12H14FN4O8P. The Labute approximate surface area is 143 Å². The number of hydrogen-bond acceptors (Lipinski definition) is 8. The molecule has 1 aliphatic heterocycles. The van der Waals surface area contributed by atoms with Crippen LogP contribution in [0, 0.1) is 0 Å². The summed E-state index contributed by atoms with van der Waals surface area (Å²) in [4.78, 5) is 39.5. The van der Waals surface area contributed by atoms with Crippen molar-refractivity contribution in [3.63, 3.8) is 0 Å². The van der Waals surface area contributed by atoms with Gasteiger partial charge in [-0.15, -0.1) is 0 Å². The van der Waals surface area contributed by atoms with E-state index in [2.05, 4.69) is 19.5 Å². The molecule has 0 unspecified atom stereocenters. The molecule has 0 saturated carbocycles. The number of nitrogens with zero attached hydrogens (tertiary/aromatic N) is 3. The quantitative estimate of drug-likeness (QED) is 0.387. The summed E-state index contributed by atoms with van der Waals surface area (Å²) >= 11 is 0. The molecule has 0 aliphatic carbocycles. The molecule has 1 saturated heterocycles. The summed E-state index contributed by atoms with van der Waals surface area (Å²) in [6.45, 7) is -0.685. The second-order valence-electron chi connectivity index (χ2n) is 5.40. The molecule has 1 aliphatic rings. The number of hydrogen-bond donors (Lipinski definition) is 5. The van der Waals surface area contributed by atoms with Crippen molar-refractivity contribution in [3.8, 4) is 0 Å². The van der Waals surface area contributed by atoms with Crippen molar-refractivity contribution in [2.24, 2.45) is 0 Å². The summed E-state index contributed by atoms with van der Waals surface area (Å²) < 4.78 is 33.9. The van der Waals surface area contributed by atoms with Gasteiger partial charge >= 0.3 is 7.82 Å². The number of phosphoric ester groups is 1. The SMILES string of the molecule is O=c1[nH]c(/C=C\F)nc2c1ncn2[C@@H]1O[C@H](COP(=O)(O)O)[C@@H](O)[C@H]1O. The molecule has 2 aromatic rings. The maximum absolute atomic E-state index is 12.3. The molecule has 5 N–H and O–H groups in total. The first-order chi connectivity index (χ1) is 12.2. The minimum absolute atomic E-state index is 0.0466. The van der Waals surface area contributed by atoms with E-state index in [4.69, 9.17) is 14.5 Å². The maximum Gasteiger partial charge on any atom is 0.469 e. The van der Waals surface area contributed by atoms with Crippen LogP contribution >= 0.6 is 7.82 Å². The van der Waals surface area contributed by atoms with E-state index < -0.39 is 44.5 Å². The molecule has 4 atom stereocenters. The fraction of sp³-hybridized carbons (Fsp3) is 0.417. The van der Waals surface area contributed by atoms with Gasteiger partial charge in [0.15, 0.2) is 17.4 Å². The molecule has 1 fully saturated rings.